The fourth-order valence-corrected chi connectivity index (χ4v) is 1.44. The third-order valence-corrected chi connectivity index (χ3v) is 2.52. The van der Waals surface area contributed by atoms with Crippen molar-refractivity contribution < 1.29 is 18.9 Å². The first-order valence-corrected chi connectivity index (χ1v) is 5.63. The lowest BCUT2D eigenvalue weighted by Crippen LogP contribution is -2.15. The lowest BCUT2D eigenvalue weighted by atomic mass is 10.1. The summed E-state index contributed by atoms with van der Waals surface area (Å²) in [5.74, 6) is 1.68. The van der Waals surface area contributed by atoms with Crippen LogP contribution in [0, 0.1) is 5.21 Å². The van der Waals surface area contributed by atoms with E-state index in [-0.39, 0.29) is 6.04 Å². The molecule has 100 valence electrons. The lowest BCUT2D eigenvalue weighted by Gasteiger charge is -2.13. The normalized spacial score (nSPS) is 11.6. The standard InChI is InChI=1S/C13H19NO4/c1-9(2)14(15)8-11-12(17-4)6-10(16-3)7-13(11)18-5/h6-9H,1-5H3/b14-8-. The summed E-state index contributed by atoms with van der Waals surface area (Å²) in [5.41, 5.74) is 0.601. The molecule has 0 unspecified atom stereocenters. The Kier molecular flexibility index (Phi) is 4.83. The highest BCUT2D eigenvalue weighted by Crippen LogP contribution is 2.32. The van der Waals surface area contributed by atoms with Crippen LogP contribution in [0.2, 0.25) is 0 Å². The quantitative estimate of drug-likeness (QED) is 0.349. The van der Waals surface area contributed by atoms with E-state index in [1.807, 2.05) is 13.8 Å². The van der Waals surface area contributed by atoms with Gasteiger partial charge in [-0.15, -0.1) is 0 Å². The van der Waals surface area contributed by atoms with E-state index in [0.717, 1.165) is 4.74 Å². The van der Waals surface area contributed by atoms with E-state index >= 15 is 0 Å². The summed E-state index contributed by atoms with van der Waals surface area (Å²) in [6.45, 7) is 3.62. The van der Waals surface area contributed by atoms with E-state index in [9.17, 15) is 5.21 Å². The minimum atomic E-state index is -0.151. The van der Waals surface area contributed by atoms with Crippen LogP contribution < -0.4 is 14.2 Å². The van der Waals surface area contributed by atoms with Crippen molar-refractivity contribution in [2.75, 3.05) is 21.3 Å². The molecule has 1 rings (SSSR count). The smallest absolute Gasteiger partial charge is 0.189 e. The summed E-state index contributed by atoms with van der Waals surface area (Å²) < 4.78 is 16.5. The average molecular weight is 253 g/mol. The van der Waals surface area contributed by atoms with Crippen molar-refractivity contribution in [1.82, 2.24) is 0 Å². The number of hydrogen-bond acceptors (Lipinski definition) is 4. The van der Waals surface area contributed by atoms with Gasteiger partial charge in [0.25, 0.3) is 0 Å². The van der Waals surface area contributed by atoms with Gasteiger partial charge in [0.05, 0.1) is 21.3 Å². The molecular formula is C13H19NO4. The molecule has 0 saturated heterocycles. The fourth-order valence-electron chi connectivity index (χ4n) is 1.44. The molecule has 0 aliphatic carbocycles. The van der Waals surface area contributed by atoms with Gasteiger partial charge in [0, 0.05) is 12.1 Å². The van der Waals surface area contributed by atoms with Crippen molar-refractivity contribution in [3.63, 3.8) is 0 Å². The molecule has 0 radical (unpaired) electrons. The molecule has 0 spiro atoms. The molecule has 0 heterocycles. The number of nitrogens with zero attached hydrogens (tertiary/aromatic N) is 1. The van der Waals surface area contributed by atoms with E-state index in [1.165, 1.54) is 20.4 Å². The highest BCUT2D eigenvalue weighted by molar-refractivity contribution is 5.85. The van der Waals surface area contributed by atoms with Crippen LogP contribution in [0.3, 0.4) is 0 Å². The number of hydroxylamine groups is 1. The van der Waals surface area contributed by atoms with Crippen molar-refractivity contribution in [1.29, 1.82) is 0 Å². The largest absolute Gasteiger partial charge is 0.624 e. The van der Waals surface area contributed by atoms with Crippen LogP contribution >= 0.6 is 0 Å². The molecule has 0 amide bonds. The maximum Gasteiger partial charge on any atom is 0.189 e. The summed E-state index contributed by atoms with van der Waals surface area (Å²) in [4.78, 5) is 0. The summed E-state index contributed by atoms with van der Waals surface area (Å²) in [7, 11) is 4.64. The molecule has 0 atom stereocenters. The van der Waals surface area contributed by atoms with Gasteiger partial charge in [0.15, 0.2) is 12.3 Å². The zero-order chi connectivity index (χ0) is 13.7. The summed E-state index contributed by atoms with van der Waals surface area (Å²) in [6.07, 6.45) is 1.46. The second kappa shape index (κ2) is 6.14. The van der Waals surface area contributed by atoms with Crippen molar-refractivity contribution in [3.8, 4) is 17.2 Å². The molecule has 0 aliphatic heterocycles. The Morgan fingerprint density at radius 2 is 1.56 bits per heavy atom. The maximum absolute atomic E-state index is 11.7. The summed E-state index contributed by atoms with van der Waals surface area (Å²) in [6, 6.07) is 3.27. The van der Waals surface area contributed by atoms with E-state index < -0.39 is 0 Å². The van der Waals surface area contributed by atoms with Crippen LogP contribution in [0.5, 0.6) is 17.2 Å². The second-order valence-corrected chi connectivity index (χ2v) is 4.03. The molecule has 0 aromatic heterocycles. The minimum absolute atomic E-state index is 0.151. The topological polar surface area (TPSA) is 53.8 Å². The first-order chi connectivity index (χ1) is 8.53. The number of ether oxygens (including phenoxy) is 3. The predicted octanol–water partition coefficient (Wildman–Crippen LogP) is 2.05. The van der Waals surface area contributed by atoms with Gasteiger partial charge < -0.3 is 19.4 Å². The SMILES string of the molecule is COc1cc(OC)c(/C=[N+](\[O-])C(C)C)c(OC)c1. The van der Waals surface area contributed by atoms with Gasteiger partial charge in [-0.25, -0.2) is 4.74 Å². The van der Waals surface area contributed by atoms with Crippen LogP contribution in [-0.2, 0) is 0 Å². The van der Waals surface area contributed by atoms with Gasteiger partial charge in [0.2, 0.25) is 0 Å². The molecular weight excluding hydrogens is 234 g/mol. The van der Waals surface area contributed by atoms with Crippen LogP contribution in [0.4, 0.5) is 0 Å². The zero-order valence-corrected chi connectivity index (χ0v) is 11.4. The lowest BCUT2D eigenvalue weighted by molar-refractivity contribution is -0.487. The zero-order valence-electron chi connectivity index (χ0n) is 11.4. The maximum atomic E-state index is 11.7. The van der Waals surface area contributed by atoms with Crippen LogP contribution in [-0.4, -0.2) is 38.3 Å². The number of benzene rings is 1. The molecule has 0 saturated carbocycles. The van der Waals surface area contributed by atoms with Gasteiger partial charge >= 0.3 is 0 Å². The second-order valence-electron chi connectivity index (χ2n) is 4.03. The highest BCUT2D eigenvalue weighted by atomic mass is 16.5. The van der Waals surface area contributed by atoms with E-state index in [4.69, 9.17) is 14.2 Å². The molecule has 1 aromatic rings. The fraction of sp³-hybridized carbons (Fsp3) is 0.462. The van der Waals surface area contributed by atoms with Crippen molar-refractivity contribution >= 4 is 6.21 Å². The molecule has 0 N–H and O–H groups in total. The predicted molar refractivity (Wildman–Crippen MR) is 70.0 cm³/mol. The first kappa shape index (κ1) is 14.2. The molecule has 18 heavy (non-hydrogen) atoms. The molecule has 5 heteroatoms. The van der Waals surface area contributed by atoms with Crippen LogP contribution in [0.25, 0.3) is 0 Å². The van der Waals surface area contributed by atoms with Crippen LogP contribution in [0.1, 0.15) is 19.4 Å². The summed E-state index contributed by atoms with van der Waals surface area (Å²) in [5, 5.41) is 11.7. The Bertz CT molecular complexity index is 416. The van der Waals surface area contributed by atoms with E-state index in [0.29, 0.717) is 22.8 Å². The highest BCUT2D eigenvalue weighted by Gasteiger charge is 2.15. The average Bonchev–Trinajstić information content (AvgIpc) is 2.38. The first-order valence-electron chi connectivity index (χ1n) is 5.63. The molecule has 0 bridgehead atoms. The molecule has 0 fully saturated rings. The Balaban J connectivity index is 3.36. The Labute approximate surface area is 107 Å². The van der Waals surface area contributed by atoms with Crippen molar-refractivity contribution in [2.24, 2.45) is 0 Å². The van der Waals surface area contributed by atoms with Gasteiger partial charge in [-0.3, -0.25) is 0 Å². The molecule has 5 nitrogen and oxygen atoms in total. The Hall–Kier alpha value is -1.91. The Morgan fingerprint density at radius 1 is 1.06 bits per heavy atom. The molecule has 1 aromatic carbocycles. The Morgan fingerprint density at radius 3 is 1.89 bits per heavy atom. The van der Waals surface area contributed by atoms with E-state index in [1.54, 1.807) is 19.2 Å². The van der Waals surface area contributed by atoms with Crippen LogP contribution in [0.15, 0.2) is 12.1 Å². The summed E-state index contributed by atoms with van der Waals surface area (Å²) >= 11 is 0. The van der Waals surface area contributed by atoms with Gasteiger partial charge in [-0.1, -0.05) is 0 Å². The van der Waals surface area contributed by atoms with Gasteiger partial charge in [0.1, 0.15) is 22.8 Å². The van der Waals surface area contributed by atoms with E-state index in [2.05, 4.69) is 0 Å². The van der Waals surface area contributed by atoms with Gasteiger partial charge in [-0.05, 0) is 13.8 Å². The van der Waals surface area contributed by atoms with Crippen molar-refractivity contribution in [2.45, 2.75) is 19.9 Å². The number of rotatable bonds is 5. The molecule has 0 aliphatic rings. The minimum Gasteiger partial charge on any atom is -0.624 e. The van der Waals surface area contributed by atoms with Gasteiger partial charge in [-0.2, -0.15) is 0 Å². The van der Waals surface area contributed by atoms with Crippen molar-refractivity contribution in [3.05, 3.63) is 22.9 Å². The third-order valence-electron chi connectivity index (χ3n) is 2.52. The monoisotopic (exact) mass is 253 g/mol. The number of methoxy groups -OCH3 is 3. The number of hydrogen-bond donors (Lipinski definition) is 0. The third kappa shape index (κ3) is 3.06.